The van der Waals surface area contributed by atoms with E-state index in [1.54, 1.807) is 19.4 Å². The number of hydrogen-bond acceptors (Lipinski definition) is 9. The normalized spacial score (nSPS) is 14.6. The van der Waals surface area contributed by atoms with Crippen LogP contribution in [-0.4, -0.2) is 105 Å². The molecule has 261 valence electrons. The molecule has 3 N–H and O–H groups in total. The standard InChI is InChI=1S/C31H36FN6O5S.C3H6N.Y/c1-40-14-15-42-17-16-41-13-8-35-31(39)38-11-9-37(10-12-38)21-22-2-4-25(36-20-22)29-19-26-30(44-29)28(6-7-34-26)43-27-5-3-23(33)18-24(27)32;4-3-1-2-3;/h2-7,18-20,33H,8-17,21H2,1H3,(H,35,39);3-4H,1-2H2;/q2*-1;. The molecule has 0 atom stereocenters. The van der Waals surface area contributed by atoms with Crippen molar-refractivity contribution in [3.63, 3.8) is 0 Å². The summed E-state index contributed by atoms with van der Waals surface area (Å²) in [5.74, 6) is -0.0210. The van der Waals surface area contributed by atoms with Crippen molar-refractivity contribution in [3.8, 4) is 22.1 Å². The summed E-state index contributed by atoms with van der Waals surface area (Å²) in [5, 5.41) is 2.92. The maximum Gasteiger partial charge on any atom is 0.317 e. The molecule has 49 heavy (non-hydrogen) atoms. The van der Waals surface area contributed by atoms with E-state index in [-0.39, 0.29) is 50.2 Å². The average Bonchev–Trinajstić information content (AvgIpc) is 3.75. The van der Waals surface area contributed by atoms with Crippen molar-refractivity contribution in [2.24, 2.45) is 0 Å². The topological polar surface area (TPSA) is 146 Å². The fourth-order valence-electron chi connectivity index (χ4n) is 4.74. The molecule has 1 aliphatic carbocycles. The fraction of sp³-hybridized carbons (Fsp3) is 0.441. The maximum absolute atomic E-state index is 14.3. The number of hydrogen-bond donors (Lipinski definition) is 1. The number of piperazine rings is 1. The zero-order valence-electron chi connectivity index (χ0n) is 27.7. The molecule has 4 heterocycles. The molecular formula is C34H42FN7O5SY-2. The van der Waals surface area contributed by atoms with Crippen LogP contribution in [0.15, 0.2) is 54.9 Å². The number of carbonyl (C=O) groups is 1. The minimum Gasteiger partial charge on any atom is -0.699 e. The van der Waals surface area contributed by atoms with E-state index in [2.05, 4.69) is 21.3 Å². The molecule has 0 spiro atoms. The Morgan fingerprint density at radius 1 is 0.980 bits per heavy atom. The summed E-state index contributed by atoms with van der Waals surface area (Å²) in [6, 6.07) is 12.0. The van der Waals surface area contributed by atoms with Crippen LogP contribution in [0, 0.1) is 5.82 Å². The van der Waals surface area contributed by atoms with Gasteiger partial charge >= 0.3 is 6.03 Å². The Kier molecular flexibility index (Phi) is 16.0. The number of aromatic nitrogens is 2. The first-order valence-electron chi connectivity index (χ1n) is 16.0. The quantitative estimate of drug-likeness (QED) is 0.140. The smallest absolute Gasteiger partial charge is 0.317 e. The molecule has 2 aliphatic rings. The van der Waals surface area contributed by atoms with Gasteiger partial charge in [0.15, 0.2) is 11.6 Å². The zero-order chi connectivity index (χ0) is 33.7. The zero-order valence-corrected chi connectivity index (χ0v) is 31.3. The van der Waals surface area contributed by atoms with Gasteiger partial charge in [0.05, 0.1) is 53.8 Å². The van der Waals surface area contributed by atoms with Gasteiger partial charge in [0.1, 0.15) is 5.75 Å². The summed E-state index contributed by atoms with van der Waals surface area (Å²) in [6.45, 7) is 6.61. The first-order chi connectivity index (χ1) is 23.4. The van der Waals surface area contributed by atoms with Crippen molar-refractivity contribution in [2.45, 2.75) is 25.4 Å². The third-order valence-electron chi connectivity index (χ3n) is 7.57. The molecule has 15 heteroatoms. The van der Waals surface area contributed by atoms with Crippen LogP contribution in [0.2, 0.25) is 0 Å². The van der Waals surface area contributed by atoms with Crippen molar-refractivity contribution in [3.05, 3.63) is 77.7 Å². The van der Waals surface area contributed by atoms with Gasteiger partial charge in [0, 0.05) is 97.5 Å². The van der Waals surface area contributed by atoms with Crippen molar-refractivity contribution >= 4 is 33.3 Å². The summed E-state index contributed by atoms with van der Waals surface area (Å²) < 4.78 is 36.7. The van der Waals surface area contributed by atoms with E-state index in [4.69, 9.17) is 35.4 Å². The summed E-state index contributed by atoms with van der Waals surface area (Å²) in [4.78, 5) is 26.7. The third kappa shape index (κ3) is 12.5. The van der Waals surface area contributed by atoms with Gasteiger partial charge in [0.2, 0.25) is 0 Å². The van der Waals surface area contributed by atoms with Gasteiger partial charge < -0.3 is 40.6 Å². The first kappa shape index (κ1) is 39.0. The van der Waals surface area contributed by atoms with Crippen molar-refractivity contribution < 1.29 is 60.8 Å². The Morgan fingerprint density at radius 2 is 1.71 bits per heavy atom. The van der Waals surface area contributed by atoms with Crippen molar-refractivity contribution in [1.29, 1.82) is 0 Å². The Bertz CT molecular complexity index is 1600. The second kappa shape index (κ2) is 20.1. The molecule has 2 fully saturated rings. The first-order valence-corrected chi connectivity index (χ1v) is 16.8. The SMILES string of the molecule is COCCOCCOCCNC(=O)N1CCN(Cc2ccc(-c3cc4nccc(Oc5ccc([NH-])cc5F)c4s3)nc2)CC1.[NH-]C1CC1.[Y]. The van der Waals surface area contributed by atoms with Crippen LogP contribution in [0.4, 0.5) is 14.9 Å². The van der Waals surface area contributed by atoms with Gasteiger partial charge in [-0.15, -0.1) is 23.1 Å². The Balaban J connectivity index is 0.00000101. The molecule has 1 radical (unpaired) electrons. The van der Waals surface area contributed by atoms with Gasteiger partial charge in [-0.3, -0.25) is 14.9 Å². The molecule has 2 amide bonds. The molecule has 1 aromatic carbocycles. The number of rotatable bonds is 14. The predicted molar refractivity (Wildman–Crippen MR) is 184 cm³/mol. The minimum absolute atomic E-state index is 0. The molecule has 1 saturated heterocycles. The summed E-state index contributed by atoms with van der Waals surface area (Å²) in [6.07, 6.45) is 5.81. The van der Waals surface area contributed by atoms with Crippen LogP contribution in [-0.2, 0) is 53.5 Å². The van der Waals surface area contributed by atoms with Gasteiger partial charge in [0.25, 0.3) is 0 Å². The molecule has 4 aromatic rings. The number of nitrogens with zero attached hydrogens (tertiary/aromatic N) is 4. The molecule has 1 saturated carbocycles. The minimum atomic E-state index is -0.585. The average molecular weight is 769 g/mol. The third-order valence-corrected chi connectivity index (χ3v) is 8.74. The predicted octanol–water partition coefficient (Wildman–Crippen LogP) is 6.68. The number of ether oxygens (including phenoxy) is 4. The second-order valence-corrected chi connectivity index (χ2v) is 12.5. The van der Waals surface area contributed by atoms with E-state index in [1.165, 1.54) is 23.5 Å². The number of halogens is 1. The molecule has 0 bridgehead atoms. The number of benzene rings is 1. The van der Waals surface area contributed by atoms with Crippen molar-refractivity contribution in [1.82, 2.24) is 25.1 Å². The van der Waals surface area contributed by atoms with E-state index >= 15 is 0 Å². The van der Waals surface area contributed by atoms with Crippen LogP contribution < -0.4 is 10.1 Å². The van der Waals surface area contributed by atoms with Gasteiger partial charge in [-0.05, 0) is 29.8 Å². The van der Waals surface area contributed by atoms with E-state index < -0.39 is 5.82 Å². The molecule has 3 aromatic heterocycles. The number of nitrogens with one attached hydrogen (secondary N) is 3. The number of amides is 2. The van der Waals surface area contributed by atoms with E-state index in [1.807, 2.05) is 23.2 Å². The number of methoxy groups -OCH3 is 1. The monoisotopic (exact) mass is 768 g/mol. The van der Waals surface area contributed by atoms with E-state index in [0.717, 1.165) is 64.9 Å². The maximum atomic E-state index is 14.3. The van der Waals surface area contributed by atoms with Gasteiger partial charge in [-0.25, -0.2) is 9.18 Å². The number of carbonyl (C=O) groups excluding carboxylic acids is 1. The van der Waals surface area contributed by atoms with Crippen LogP contribution in [0.1, 0.15) is 18.4 Å². The summed E-state index contributed by atoms with van der Waals surface area (Å²) in [7, 11) is 1.63. The Hall–Kier alpha value is -2.82. The van der Waals surface area contributed by atoms with Crippen LogP contribution in [0.25, 0.3) is 32.3 Å². The number of urea groups is 1. The van der Waals surface area contributed by atoms with Crippen LogP contribution >= 0.6 is 11.3 Å². The van der Waals surface area contributed by atoms with Crippen LogP contribution in [0.5, 0.6) is 11.5 Å². The van der Waals surface area contributed by atoms with Crippen molar-refractivity contribution in [2.75, 3.05) is 72.9 Å². The number of thiophene rings is 1. The Labute approximate surface area is 315 Å². The van der Waals surface area contributed by atoms with Crippen LogP contribution in [0.3, 0.4) is 0 Å². The van der Waals surface area contributed by atoms with Gasteiger partial charge in [-0.1, -0.05) is 25.0 Å². The molecular weight excluding hydrogens is 726 g/mol. The Morgan fingerprint density at radius 3 is 2.39 bits per heavy atom. The number of fused-ring (bicyclic) bond motifs is 1. The molecule has 6 rings (SSSR count). The number of pyridine rings is 2. The molecule has 1 aliphatic heterocycles. The largest absolute Gasteiger partial charge is 0.699 e. The summed E-state index contributed by atoms with van der Waals surface area (Å²) >= 11 is 1.48. The second-order valence-electron chi connectivity index (χ2n) is 11.4. The summed E-state index contributed by atoms with van der Waals surface area (Å²) in [5.41, 5.74) is 17.0. The van der Waals surface area contributed by atoms with E-state index in [9.17, 15) is 9.18 Å². The molecule has 0 unspecified atom stereocenters. The fourth-order valence-corrected chi connectivity index (χ4v) is 5.79. The van der Waals surface area contributed by atoms with E-state index in [0.29, 0.717) is 64.5 Å². The van der Waals surface area contributed by atoms with Gasteiger partial charge in [-0.2, -0.15) is 0 Å². The molecule has 12 nitrogen and oxygen atoms in total.